The largest absolute Gasteiger partial charge is 0.439 e. The summed E-state index contributed by atoms with van der Waals surface area (Å²) < 4.78 is 18.9. The van der Waals surface area contributed by atoms with E-state index in [1.54, 1.807) is 30.5 Å². The summed E-state index contributed by atoms with van der Waals surface area (Å²) in [6, 6.07) is 9.34. The van der Waals surface area contributed by atoms with Crippen molar-refractivity contribution in [2.75, 3.05) is 0 Å². The molecule has 0 radical (unpaired) electrons. The molecule has 2 aromatic rings. The van der Waals surface area contributed by atoms with Crippen molar-refractivity contribution >= 4 is 5.91 Å². The number of pyridine rings is 1. The molecular weight excluding hydrogens is 347 g/mol. The van der Waals surface area contributed by atoms with Crippen molar-refractivity contribution in [3.8, 4) is 24.0 Å². The number of amides is 1. The summed E-state index contributed by atoms with van der Waals surface area (Å²) in [6.07, 6.45) is 8.94. The van der Waals surface area contributed by atoms with Crippen LogP contribution in [0.1, 0.15) is 31.2 Å². The maximum atomic E-state index is 13.3. The average Bonchev–Trinajstić information content (AvgIpc) is 3.44. The molecule has 0 saturated carbocycles. The third-order valence-corrected chi connectivity index (χ3v) is 4.14. The van der Waals surface area contributed by atoms with Crippen molar-refractivity contribution < 1.29 is 13.9 Å². The Bertz CT molecular complexity index is 886. The van der Waals surface area contributed by atoms with Gasteiger partial charge in [0.15, 0.2) is 5.66 Å². The molecule has 0 unspecified atom stereocenters. The first-order valence-electron chi connectivity index (χ1n) is 8.62. The van der Waals surface area contributed by atoms with E-state index in [-0.39, 0.29) is 12.5 Å². The predicted molar refractivity (Wildman–Crippen MR) is 97.4 cm³/mol. The van der Waals surface area contributed by atoms with Crippen molar-refractivity contribution in [3.05, 3.63) is 54.0 Å². The van der Waals surface area contributed by atoms with E-state index >= 15 is 0 Å². The molecule has 0 saturated heterocycles. The maximum Gasteiger partial charge on any atom is 0.224 e. The van der Waals surface area contributed by atoms with Crippen LogP contribution in [0.2, 0.25) is 0 Å². The third-order valence-electron chi connectivity index (χ3n) is 4.14. The molecule has 1 aromatic carbocycles. The molecule has 0 fully saturated rings. The van der Waals surface area contributed by atoms with Crippen LogP contribution < -0.4 is 10.1 Å². The molecule has 27 heavy (non-hydrogen) atoms. The number of terminal acetylenes is 1. The highest BCUT2D eigenvalue weighted by Crippen LogP contribution is 2.37. The Morgan fingerprint density at radius 3 is 2.85 bits per heavy atom. The SMILES string of the molecule is C#CCCC1(CCC(=O)NCc2cccnc2Oc2cccc(F)c2)N=N1. The highest BCUT2D eigenvalue weighted by Gasteiger charge is 2.39. The molecule has 1 N–H and O–H groups in total. The molecule has 1 aliphatic heterocycles. The minimum atomic E-state index is -0.469. The Balaban J connectivity index is 1.52. The molecule has 0 spiro atoms. The van der Waals surface area contributed by atoms with Crippen molar-refractivity contribution in [3.63, 3.8) is 0 Å². The topological polar surface area (TPSA) is 75.9 Å². The molecule has 7 heteroatoms. The summed E-state index contributed by atoms with van der Waals surface area (Å²) in [5.74, 6) is 2.71. The average molecular weight is 366 g/mol. The van der Waals surface area contributed by atoms with Crippen LogP contribution in [0.25, 0.3) is 0 Å². The van der Waals surface area contributed by atoms with Crippen molar-refractivity contribution in [2.24, 2.45) is 10.2 Å². The number of aromatic nitrogens is 1. The number of benzene rings is 1. The first-order valence-corrected chi connectivity index (χ1v) is 8.62. The Kier molecular flexibility index (Phi) is 5.77. The van der Waals surface area contributed by atoms with Crippen LogP contribution in [-0.2, 0) is 11.3 Å². The van der Waals surface area contributed by atoms with Crippen LogP contribution >= 0.6 is 0 Å². The smallest absolute Gasteiger partial charge is 0.224 e. The van der Waals surface area contributed by atoms with E-state index in [1.807, 2.05) is 0 Å². The molecule has 0 aliphatic carbocycles. The van der Waals surface area contributed by atoms with Gasteiger partial charge < -0.3 is 10.1 Å². The van der Waals surface area contributed by atoms with Gasteiger partial charge in [-0.15, -0.1) is 12.3 Å². The molecule has 0 bridgehead atoms. The van der Waals surface area contributed by atoms with Gasteiger partial charge in [-0.2, -0.15) is 10.2 Å². The van der Waals surface area contributed by atoms with Crippen LogP contribution in [0.5, 0.6) is 11.6 Å². The van der Waals surface area contributed by atoms with Gasteiger partial charge in [0.25, 0.3) is 0 Å². The highest BCUT2D eigenvalue weighted by atomic mass is 19.1. The second-order valence-corrected chi connectivity index (χ2v) is 6.19. The quantitative estimate of drug-likeness (QED) is 0.682. The van der Waals surface area contributed by atoms with Gasteiger partial charge in [-0.25, -0.2) is 9.37 Å². The lowest BCUT2D eigenvalue weighted by molar-refractivity contribution is -0.121. The number of halogens is 1. The van der Waals surface area contributed by atoms with Crippen molar-refractivity contribution in [1.82, 2.24) is 10.3 Å². The summed E-state index contributed by atoms with van der Waals surface area (Å²) in [6.45, 7) is 0.253. The van der Waals surface area contributed by atoms with Gasteiger partial charge in [0.05, 0.1) is 0 Å². The number of nitrogens with zero attached hydrogens (tertiary/aromatic N) is 3. The summed E-state index contributed by atoms with van der Waals surface area (Å²) in [7, 11) is 0. The normalized spacial score (nSPS) is 13.6. The predicted octanol–water partition coefficient (Wildman–Crippen LogP) is 3.98. The zero-order valence-corrected chi connectivity index (χ0v) is 14.7. The van der Waals surface area contributed by atoms with E-state index < -0.39 is 11.5 Å². The zero-order chi connectivity index (χ0) is 19.1. The molecule has 2 heterocycles. The van der Waals surface area contributed by atoms with Crippen molar-refractivity contribution in [2.45, 2.75) is 37.9 Å². The number of rotatable bonds is 9. The summed E-state index contributed by atoms with van der Waals surface area (Å²) in [5.41, 5.74) is 0.224. The van der Waals surface area contributed by atoms with Gasteiger partial charge in [-0.05, 0) is 18.2 Å². The molecule has 1 aliphatic rings. The summed E-state index contributed by atoms with van der Waals surface area (Å²) >= 11 is 0. The first-order chi connectivity index (χ1) is 13.1. The minimum absolute atomic E-state index is 0.118. The number of carbonyl (C=O) groups excluding carboxylic acids is 1. The fraction of sp³-hybridized carbons (Fsp3) is 0.300. The van der Waals surface area contributed by atoms with Crippen LogP contribution in [-0.4, -0.2) is 16.6 Å². The molecular formula is C20H19FN4O2. The lowest BCUT2D eigenvalue weighted by atomic mass is 10.0. The van der Waals surface area contributed by atoms with E-state index in [4.69, 9.17) is 11.2 Å². The monoisotopic (exact) mass is 366 g/mol. The van der Waals surface area contributed by atoms with Crippen molar-refractivity contribution in [1.29, 1.82) is 0 Å². The van der Waals surface area contributed by atoms with E-state index in [0.717, 1.165) is 0 Å². The molecule has 1 amide bonds. The number of hydrogen-bond donors (Lipinski definition) is 1. The molecule has 138 valence electrons. The lowest BCUT2D eigenvalue weighted by Gasteiger charge is -2.12. The van der Waals surface area contributed by atoms with Crippen LogP contribution in [0.3, 0.4) is 0 Å². The Labute approximate surface area is 156 Å². The van der Waals surface area contributed by atoms with Gasteiger partial charge >= 0.3 is 0 Å². The molecule has 0 atom stereocenters. The summed E-state index contributed by atoms with van der Waals surface area (Å²) in [5, 5.41) is 10.9. The van der Waals surface area contributed by atoms with Crippen LogP contribution in [0.4, 0.5) is 4.39 Å². The first kappa shape index (κ1) is 18.5. The second-order valence-electron chi connectivity index (χ2n) is 6.19. The van der Waals surface area contributed by atoms with E-state index in [0.29, 0.717) is 42.9 Å². The summed E-state index contributed by atoms with van der Waals surface area (Å²) in [4.78, 5) is 16.3. The minimum Gasteiger partial charge on any atom is -0.439 e. The molecule has 1 aromatic heterocycles. The van der Waals surface area contributed by atoms with E-state index in [9.17, 15) is 9.18 Å². The van der Waals surface area contributed by atoms with Crippen LogP contribution in [0, 0.1) is 18.2 Å². The zero-order valence-electron chi connectivity index (χ0n) is 14.7. The van der Waals surface area contributed by atoms with Gasteiger partial charge in [0.2, 0.25) is 11.8 Å². The lowest BCUT2D eigenvalue weighted by Crippen LogP contribution is -2.25. The number of carbonyl (C=O) groups is 1. The molecule has 6 nitrogen and oxygen atoms in total. The Hall–Kier alpha value is -3.27. The number of nitrogens with one attached hydrogen (secondary N) is 1. The van der Waals surface area contributed by atoms with Gasteiger partial charge in [0, 0.05) is 50.1 Å². The van der Waals surface area contributed by atoms with Gasteiger partial charge in [0.1, 0.15) is 11.6 Å². The number of ether oxygens (including phenoxy) is 1. The van der Waals surface area contributed by atoms with E-state index in [2.05, 4.69) is 26.4 Å². The second kappa shape index (κ2) is 8.41. The molecule has 3 rings (SSSR count). The fourth-order valence-electron chi connectivity index (χ4n) is 2.56. The maximum absolute atomic E-state index is 13.3. The Morgan fingerprint density at radius 2 is 2.11 bits per heavy atom. The van der Waals surface area contributed by atoms with E-state index in [1.165, 1.54) is 12.1 Å². The fourth-order valence-corrected chi connectivity index (χ4v) is 2.56. The third kappa shape index (κ3) is 5.35. The standard InChI is InChI=1S/C20H19FN4O2/c1-2-3-10-20(24-25-20)11-9-18(26)23-14-15-6-5-12-22-19(15)27-17-8-4-7-16(21)13-17/h1,4-8,12-13H,3,9-11,14H2,(H,23,26). The van der Waals surface area contributed by atoms with Gasteiger partial charge in [-0.3, -0.25) is 4.79 Å². The Morgan fingerprint density at radius 1 is 1.26 bits per heavy atom. The highest BCUT2D eigenvalue weighted by molar-refractivity contribution is 5.76. The number of hydrogen-bond acceptors (Lipinski definition) is 5. The van der Waals surface area contributed by atoms with Gasteiger partial charge in [-0.1, -0.05) is 12.1 Å². The van der Waals surface area contributed by atoms with Crippen LogP contribution in [0.15, 0.2) is 52.8 Å².